The fourth-order valence-electron chi connectivity index (χ4n) is 3.80. The highest BCUT2D eigenvalue weighted by Gasteiger charge is 2.34. The van der Waals surface area contributed by atoms with Crippen LogP contribution in [0.5, 0.6) is 0 Å². The molecule has 0 atom stereocenters. The van der Waals surface area contributed by atoms with Crippen LogP contribution in [0.2, 0.25) is 0 Å². The minimum Gasteiger partial charge on any atom is -0.396 e. The fraction of sp³-hybridized carbons (Fsp3) is 0.474. The maximum atomic E-state index is 9.25. The van der Waals surface area contributed by atoms with Crippen LogP contribution in [-0.2, 0) is 7.05 Å². The largest absolute Gasteiger partial charge is 0.396 e. The summed E-state index contributed by atoms with van der Waals surface area (Å²) in [5.74, 6) is 1.05. The summed E-state index contributed by atoms with van der Waals surface area (Å²) < 4.78 is 4.20. The van der Waals surface area contributed by atoms with Crippen LogP contribution >= 0.6 is 0 Å². The lowest BCUT2D eigenvalue weighted by molar-refractivity contribution is 0.105. The highest BCUT2D eigenvalue weighted by Crippen LogP contribution is 2.45. The number of nitrogens with zero attached hydrogens (tertiary/aromatic N) is 4. The molecule has 24 heavy (non-hydrogen) atoms. The van der Waals surface area contributed by atoms with E-state index in [2.05, 4.69) is 39.8 Å². The third kappa shape index (κ3) is 2.18. The van der Waals surface area contributed by atoms with Gasteiger partial charge in [0.1, 0.15) is 5.65 Å². The van der Waals surface area contributed by atoms with E-state index in [0.717, 1.165) is 24.2 Å². The Kier molecular flexibility index (Phi) is 3.07. The summed E-state index contributed by atoms with van der Waals surface area (Å²) >= 11 is 0. The zero-order valence-corrected chi connectivity index (χ0v) is 13.9. The fourth-order valence-corrected chi connectivity index (χ4v) is 3.80. The lowest BCUT2D eigenvalue weighted by atomic mass is 9.81. The Morgan fingerprint density at radius 2 is 2.04 bits per heavy atom. The molecule has 5 rings (SSSR count). The van der Waals surface area contributed by atoms with E-state index < -0.39 is 0 Å². The van der Waals surface area contributed by atoms with Gasteiger partial charge in [-0.25, -0.2) is 4.98 Å². The second kappa shape index (κ2) is 5.18. The third-order valence-electron chi connectivity index (χ3n) is 5.56. The molecule has 0 unspecified atom stereocenters. The van der Waals surface area contributed by atoms with Crippen LogP contribution < -0.4 is 0 Å². The molecule has 2 aliphatic carbocycles. The van der Waals surface area contributed by atoms with Crippen molar-refractivity contribution in [2.24, 2.45) is 13.0 Å². The molecular weight excluding hydrogens is 300 g/mol. The lowest BCUT2D eigenvalue weighted by Gasteiger charge is -2.34. The Bertz CT molecular complexity index is 899. The van der Waals surface area contributed by atoms with Gasteiger partial charge in [0.05, 0.1) is 17.4 Å². The highest BCUT2D eigenvalue weighted by atomic mass is 16.3. The van der Waals surface area contributed by atoms with E-state index in [4.69, 9.17) is 10.1 Å². The van der Waals surface area contributed by atoms with E-state index in [-0.39, 0.29) is 0 Å². The van der Waals surface area contributed by atoms with Crippen molar-refractivity contribution >= 4 is 11.0 Å². The van der Waals surface area contributed by atoms with Crippen molar-refractivity contribution in [2.75, 3.05) is 6.61 Å². The molecule has 5 heteroatoms. The van der Waals surface area contributed by atoms with Gasteiger partial charge in [-0.3, -0.25) is 4.68 Å². The van der Waals surface area contributed by atoms with Crippen molar-refractivity contribution in [3.05, 3.63) is 36.3 Å². The quantitative estimate of drug-likeness (QED) is 0.802. The molecule has 0 spiro atoms. The first-order valence-electron chi connectivity index (χ1n) is 8.85. The number of aliphatic hydroxyl groups is 1. The van der Waals surface area contributed by atoms with Gasteiger partial charge in [-0.15, -0.1) is 0 Å². The van der Waals surface area contributed by atoms with Crippen LogP contribution in [0.15, 0.2) is 30.6 Å². The summed E-state index contributed by atoms with van der Waals surface area (Å²) in [4.78, 5) is 4.89. The number of aryl methyl sites for hydroxylation is 1. The normalized spacial score (nSPS) is 23.6. The van der Waals surface area contributed by atoms with Crippen LogP contribution in [-0.4, -0.2) is 31.0 Å². The summed E-state index contributed by atoms with van der Waals surface area (Å²) in [5.41, 5.74) is 4.44. The number of aliphatic hydroxyl groups excluding tert-OH is 1. The first kappa shape index (κ1) is 14.2. The number of rotatable bonds is 4. The van der Waals surface area contributed by atoms with Gasteiger partial charge in [-0.2, -0.15) is 5.10 Å². The predicted octanol–water partition coefficient (Wildman–Crippen LogP) is 3.26. The number of pyridine rings is 1. The number of fused-ring (bicyclic) bond motifs is 1. The number of hydrogen-bond acceptors (Lipinski definition) is 3. The predicted molar refractivity (Wildman–Crippen MR) is 92.8 cm³/mol. The molecule has 0 aromatic carbocycles. The monoisotopic (exact) mass is 322 g/mol. The van der Waals surface area contributed by atoms with Gasteiger partial charge < -0.3 is 9.67 Å². The molecule has 0 bridgehead atoms. The Hall–Kier alpha value is -2.14. The zero-order valence-electron chi connectivity index (χ0n) is 13.9. The average Bonchev–Trinajstić information content (AvgIpc) is 3.21. The third-order valence-corrected chi connectivity index (χ3v) is 5.56. The first-order valence-corrected chi connectivity index (χ1v) is 8.85. The van der Waals surface area contributed by atoms with E-state index in [1.165, 1.54) is 29.5 Å². The van der Waals surface area contributed by atoms with Gasteiger partial charge in [0.2, 0.25) is 0 Å². The summed E-state index contributed by atoms with van der Waals surface area (Å²) in [6.07, 6.45) is 8.78. The summed E-state index contributed by atoms with van der Waals surface area (Å²) in [7, 11) is 2.04. The van der Waals surface area contributed by atoms with Gasteiger partial charge in [0.15, 0.2) is 0 Å². The number of hydrogen-bond donors (Lipinski definition) is 1. The molecule has 1 N–H and O–H groups in total. The Morgan fingerprint density at radius 1 is 1.21 bits per heavy atom. The van der Waals surface area contributed by atoms with E-state index in [0.29, 0.717) is 24.5 Å². The second-order valence-electron chi connectivity index (χ2n) is 7.39. The van der Waals surface area contributed by atoms with Crippen LogP contribution in [0.25, 0.3) is 22.3 Å². The van der Waals surface area contributed by atoms with Crippen LogP contribution in [0.1, 0.15) is 43.3 Å². The zero-order chi connectivity index (χ0) is 16.3. The molecule has 124 valence electrons. The average molecular weight is 322 g/mol. The van der Waals surface area contributed by atoms with E-state index in [1.54, 1.807) is 0 Å². The first-order chi connectivity index (χ1) is 11.7. The van der Waals surface area contributed by atoms with Crippen LogP contribution in [0, 0.1) is 5.92 Å². The summed E-state index contributed by atoms with van der Waals surface area (Å²) in [6.45, 7) is 0.297. The van der Waals surface area contributed by atoms with Crippen LogP contribution in [0.3, 0.4) is 0 Å². The van der Waals surface area contributed by atoms with Crippen molar-refractivity contribution in [1.29, 1.82) is 0 Å². The minimum absolute atomic E-state index is 0.297. The van der Waals surface area contributed by atoms with E-state index >= 15 is 0 Å². The van der Waals surface area contributed by atoms with Crippen molar-refractivity contribution in [1.82, 2.24) is 19.3 Å². The molecule has 0 amide bonds. The van der Waals surface area contributed by atoms with Crippen LogP contribution in [0.4, 0.5) is 0 Å². The second-order valence-corrected chi connectivity index (χ2v) is 7.39. The molecule has 0 aliphatic heterocycles. The number of aromatic nitrogens is 4. The molecule has 3 heterocycles. The standard InChI is InChI=1S/C19H22N4O/c1-22-7-6-14-4-5-17(20-19(14)22)16-10-23(15-8-12(9-15)11-24)21-18(16)13-2-3-13/h4-7,10,12-13,15,24H,2-3,8-9,11H2,1H3. The highest BCUT2D eigenvalue weighted by molar-refractivity contribution is 5.80. The molecule has 0 radical (unpaired) electrons. The van der Waals surface area contributed by atoms with E-state index in [9.17, 15) is 5.11 Å². The molecule has 5 nitrogen and oxygen atoms in total. The molecule has 2 fully saturated rings. The van der Waals surface area contributed by atoms with Gasteiger partial charge in [0.25, 0.3) is 0 Å². The maximum Gasteiger partial charge on any atom is 0.140 e. The SMILES string of the molecule is Cn1ccc2ccc(-c3cn(C4CC(CO)C4)nc3C3CC3)nc21. The maximum absolute atomic E-state index is 9.25. The molecule has 2 saturated carbocycles. The van der Waals surface area contributed by atoms with Gasteiger partial charge in [0, 0.05) is 42.9 Å². The van der Waals surface area contributed by atoms with Crippen molar-refractivity contribution in [3.63, 3.8) is 0 Å². The molecule has 3 aromatic heterocycles. The molecule has 3 aromatic rings. The lowest BCUT2D eigenvalue weighted by Crippen LogP contribution is -2.29. The smallest absolute Gasteiger partial charge is 0.140 e. The molecule has 2 aliphatic rings. The van der Waals surface area contributed by atoms with Gasteiger partial charge in [-0.1, -0.05) is 0 Å². The minimum atomic E-state index is 0.297. The Morgan fingerprint density at radius 3 is 2.79 bits per heavy atom. The molecule has 0 saturated heterocycles. The van der Waals surface area contributed by atoms with Gasteiger partial charge >= 0.3 is 0 Å². The topological polar surface area (TPSA) is 55.9 Å². The van der Waals surface area contributed by atoms with Gasteiger partial charge in [-0.05, 0) is 49.8 Å². The van der Waals surface area contributed by atoms with Crippen molar-refractivity contribution in [2.45, 2.75) is 37.6 Å². The summed E-state index contributed by atoms with van der Waals surface area (Å²) in [6, 6.07) is 6.80. The Balaban J connectivity index is 1.55. The summed E-state index contributed by atoms with van der Waals surface area (Å²) in [5, 5.41) is 15.3. The van der Waals surface area contributed by atoms with Crippen molar-refractivity contribution < 1.29 is 5.11 Å². The van der Waals surface area contributed by atoms with E-state index in [1.807, 2.05) is 7.05 Å². The Labute approximate surface area is 140 Å². The van der Waals surface area contributed by atoms with Crippen molar-refractivity contribution in [3.8, 4) is 11.3 Å². The molecular formula is C19H22N4O.